The standard InChI is InChI=1S/C16H23N3O2/c1-13-4-3-5-16(10-13)21-12-15(20)11-17-8-6-14-7-9-18-19(14)2/h3-5,7,9-10,15,17,20H,6,8,11-12H2,1-2H3. The van der Waals surface area contributed by atoms with Crippen LogP contribution in [0.25, 0.3) is 0 Å². The number of aliphatic hydroxyl groups is 1. The fraction of sp³-hybridized carbons (Fsp3) is 0.438. The third-order valence-corrected chi connectivity index (χ3v) is 3.29. The molecule has 0 aliphatic heterocycles. The predicted octanol–water partition coefficient (Wildman–Crippen LogP) is 1.30. The van der Waals surface area contributed by atoms with E-state index < -0.39 is 6.10 Å². The minimum atomic E-state index is -0.517. The zero-order chi connectivity index (χ0) is 15.1. The average Bonchev–Trinajstić information content (AvgIpc) is 2.87. The monoisotopic (exact) mass is 289 g/mol. The Morgan fingerprint density at radius 3 is 2.95 bits per heavy atom. The lowest BCUT2D eigenvalue weighted by Crippen LogP contribution is -2.32. The van der Waals surface area contributed by atoms with E-state index in [-0.39, 0.29) is 0 Å². The van der Waals surface area contributed by atoms with Crippen LogP contribution in [0.3, 0.4) is 0 Å². The summed E-state index contributed by atoms with van der Waals surface area (Å²) in [5, 5.41) is 17.2. The minimum Gasteiger partial charge on any atom is -0.491 e. The predicted molar refractivity (Wildman–Crippen MR) is 82.5 cm³/mol. The molecule has 1 unspecified atom stereocenters. The second-order valence-corrected chi connectivity index (χ2v) is 5.18. The van der Waals surface area contributed by atoms with Crippen molar-refractivity contribution in [2.45, 2.75) is 19.4 Å². The highest BCUT2D eigenvalue weighted by atomic mass is 16.5. The molecular formula is C16H23N3O2. The maximum absolute atomic E-state index is 9.89. The van der Waals surface area contributed by atoms with Crippen LogP contribution < -0.4 is 10.1 Å². The first-order chi connectivity index (χ1) is 10.1. The van der Waals surface area contributed by atoms with Gasteiger partial charge in [0.05, 0.1) is 0 Å². The molecule has 0 saturated heterocycles. The van der Waals surface area contributed by atoms with E-state index in [1.165, 1.54) is 5.69 Å². The number of hydrogen-bond acceptors (Lipinski definition) is 4. The SMILES string of the molecule is Cc1cccc(OCC(O)CNCCc2ccnn2C)c1. The molecule has 0 radical (unpaired) electrons. The molecule has 1 heterocycles. The molecule has 0 saturated carbocycles. The Morgan fingerprint density at radius 1 is 1.38 bits per heavy atom. The molecule has 0 amide bonds. The number of hydrogen-bond donors (Lipinski definition) is 2. The summed E-state index contributed by atoms with van der Waals surface area (Å²) in [4.78, 5) is 0. The molecule has 0 aliphatic carbocycles. The van der Waals surface area contributed by atoms with Crippen molar-refractivity contribution in [3.05, 3.63) is 47.8 Å². The fourth-order valence-electron chi connectivity index (χ4n) is 2.09. The maximum Gasteiger partial charge on any atom is 0.119 e. The van der Waals surface area contributed by atoms with E-state index in [0.717, 1.165) is 24.3 Å². The Balaban J connectivity index is 1.61. The van der Waals surface area contributed by atoms with Gasteiger partial charge in [-0.3, -0.25) is 4.68 Å². The first-order valence-corrected chi connectivity index (χ1v) is 7.20. The summed E-state index contributed by atoms with van der Waals surface area (Å²) in [5.74, 6) is 0.795. The van der Waals surface area contributed by atoms with Gasteiger partial charge in [-0.05, 0) is 30.7 Å². The molecule has 0 fully saturated rings. The molecule has 2 N–H and O–H groups in total. The van der Waals surface area contributed by atoms with Crippen molar-refractivity contribution < 1.29 is 9.84 Å². The fourth-order valence-corrected chi connectivity index (χ4v) is 2.09. The highest BCUT2D eigenvalue weighted by Crippen LogP contribution is 2.12. The zero-order valence-electron chi connectivity index (χ0n) is 12.6. The molecule has 0 aliphatic rings. The van der Waals surface area contributed by atoms with Crippen LogP contribution >= 0.6 is 0 Å². The first kappa shape index (κ1) is 15.5. The van der Waals surface area contributed by atoms with Gasteiger partial charge in [-0.2, -0.15) is 5.10 Å². The van der Waals surface area contributed by atoms with E-state index in [4.69, 9.17) is 4.74 Å². The van der Waals surface area contributed by atoms with Crippen molar-refractivity contribution in [2.75, 3.05) is 19.7 Å². The van der Waals surface area contributed by atoms with Crippen LogP contribution in [0, 0.1) is 6.92 Å². The third-order valence-electron chi connectivity index (χ3n) is 3.29. The number of ether oxygens (including phenoxy) is 1. The number of aliphatic hydroxyl groups excluding tert-OH is 1. The Hall–Kier alpha value is -1.85. The van der Waals surface area contributed by atoms with Gasteiger partial charge in [0.25, 0.3) is 0 Å². The van der Waals surface area contributed by atoms with Crippen LogP contribution in [0.1, 0.15) is 11.3 Å². The Morgan fingerprint density at radius 2 is 2.24 bits per heavy atom. The highest BCUT2D eigenvalue weighted by molar-refractivity contribution is 5.27. The molecule has 5 nitrogen and oxygen atoms in total. The van der Waals surface area contributed by atoms with E-state index in [2.05, 4.69) is 10.4 Å². The van der Waals surface area contributed by atoms with Gasteiger partial charge in [-0.1, -0.05) is 12.1 Å². The molecule has 1 atom stereocenters. The van der Waals surface area contributed by atoms with Crippen LogP contribution in [-0.4, -0.2) is 40.7 Å². The van der Waals surface area contributed by atoms with Crippen molar-refractivity contribution in [1.29, 1.82) is 0 Å². The van der Waals surface area contributed by atoms with E-state index >= 15 is 0 Å². The van der Waals surface area contributed by atoms with Crippen molar-refractivity contribution in [1.82, 2.24) is 15.1 Å². The summed E-state index contributed by atoms with van der Waals surface area (Å²) in [6.07, 6.45) is 2.17. The van der Waals surface area contributed by atoms with E-state index in [9.17, 15) is 5.11 Å². The number of nitrogens with one attached hydrogen (secondary N) is 1. The summed E-state index contributed by atoms with van der Waals surface area (Å²) in [5.41, 5.74) is 2.32. The largest absolute Gasteiger partial charge is 0.491 e. The maximum atomic E-state index is 9.89. The van der Waals surface area contributed by atoms with Crippen LogP contribution in [0.15, 0.2) is 36.5 Å². The summed E-state index contributed by atoms with van der Waals surface area (Å²) >= 11 is 0. The van der Waals surface area contributed by atoms with Crippen molar-refractivity contribution in [3.63, 3.8) is 0 Å². The van der Waals surface area contributed by atoms with Gasteiger partial charge in [0.2, 0.25) is 0 Å². The molecule has 21 heavy (non-hydrogen) atoms. The van der Waals surface area contributed by atoms with Gasteiger partial charge in [-0.25, -0.2) is 0 Å². The van der Waals surface area contributed by atoms with Gasteiger partial charge in [0.1, 0.15) is 18.5 Å². The third kappa shape index (κ3) is 5.21. The average molecular weight is 289 g/mol. The quantitative estimate of drug-likeness (QED) is 0.719. The smallest absolute Gasteiger partial charge is 0.119 e. The number of benzene rings is 1. The van der Waals surface area contributed by atoms with E-state index in [1.807, 2.05) is 49.0 Å². The van der Waals surface area contributed by atoms with Gasteiger partial charge >= 0.3 is 0 Å². The van der Waals surface area contributed by atoms with Gasteiger partial charge in [-0.15, -0.1) is 0 Å². The Kier molecular flexibility index (Phi) is 5.78. The molecule has 1 aromatic heterocycles. The molecule has 0 bridgehead atoms. The molecule has 2 aromatic rings. The summed E-state index contributed by atoms with van der Waals surface area (Å²) in [6.45, 7) is 3.64. The summed E-state index contributed by atoms with van der Waals surface area (Å²) in [6, 6.07) is 9.82. The number of aromatic nitrogens is 2. The molecule has 5 heteroatoms. The minimum absolute atomic E-state index is 0.294. The van der Waals surface area contributed by atoms with Gasteiger partial charge in [0, 0.05) is 38.4 Å². The molecule has 2 rings (SSSR count). The number of rotatable bonds is 8. The molecule has 1 aromatic carbocycles. The van der Waals surface area contributed by atoms with Crippen LogP contribution in [0.5, 0.6) is 5.75 Å². The lowest BCUT2D eigenvalue weighted by molar-refractivity contribution is 0.106. The van der Waals surface area contributed by atoms with Crippen molar-refractivity contribution in [2.24, 2.45) is 7.05 Å². The lowest BCUT2D eigenvalue weighted by atomic mass is 10.2. The zero-order valence-corrected chi connectivity index (χ0v) is 12.6. The van der Waals surface area contributed by atoms with Crippen LogP contribution in [0.4, 0.5) is 0 Å². The molecule has 114 valence electrons. The van der Waals surface area contributed by atoms with Crippen LogP contribution in [-0.2, 0) is 13.5 Å². The Bertz CT molecular complexity index is 554. The van der Waals surface area contributed by atoms with Gasteiger partial charge in [0.15, 0.2) is 0 Å². The summed E-state index contributed by atoms with van der Waals surface area (Å²) < 4.78 is 7.43. The normalized spacial score (nSPS) is 12.3. The second kappa shape index (κ2) is 7.81. The number of aryl methyl sites for hydroxylation is 2. The van der Waals surface area contributed by atoms with Crippen molar-refractivity contribution in [3.8, 4) is 5.75 Å². The molecule has 0 spiro atoms. The second-order valence-electron chi connectivity index (χ2n) is 5.18. The highest BCUT2D eigenvalue weighted by Gasteiger charge is 2.05. The lowest BCUT2D eigenvalue weighted by Gasteiger charge is -2.13. The van der Waals surface area contributed by atoms with Gasteiger partial charge < -0.3 is 15.2 Å². The summed E-state index contributed by atoms with van der Waals surface area (Å²) in [7, 11) is 1.93. The molecular weight excluding hydrogens is 266 g/mol. The number of nitrogens with zero attached hydrogens (tertiary/aromatic N) is 2. The Labute approximate surface area is 125 Å². The van der Waals surface area contributed by atoms with E-state index in [1.54, 1.807) is 6.20 Å². The van der Waals surface area contributed by atoms with Crippen LogP contribution in [0.2, 0.25) is 0 Å². The first-order valence-electron chi connectivity index (χ1n) is 7.20. The van der Waals surface area contributed by atoms with E-state index in [0.29, 0.717) is 13.2 Å². The van der Waals surface area contributed by atoms with Crippen molar-refractivity contribution >= 4 is 0 Å². The topological polar surface area (TPSA) is 59.3 Å².